The largest absolute Gasteiger partial charge is 0.481 e. The maximum Gasteiger partial charge on any atom is 0.330 e. The Bertz CT molecular complexity index is 781. The summed E-state index contributed by atoms with van der Waals surface area (Å²) in [5.41, 5.74) is 2.26. The Hall–Kier alpha value is -3.14. The van der Waals surface area contributed by atoms with Crippen LogP contribution in [0.4, 0.5) is 0 Å². The Balaban J connectivity index is -0.000000366. The zero-order valence-electron chi connectivity index (χ0n) is 21.5. The maximum absolute atomic E-state index is 10.3. The van der Waals surface area contributed by atoms with Gasteiger partial charge in [-0.05, 0) is 50.7 Å². The van der Waals surface area contributed by atoms with Crippen molar-refractivity contribution in [3.8, 4) is 0 Å². The molecule has 0 amide bonds. The fourth-order valence-electron chi connectivity index (χ4n) is 1.76. The average molecular weight is 456 g/mol. The van der Waals surface area contributed by atoms with Gasteiger partial charge in [0.2, 0.25) is 0 Å². The number of hydrogen-bond acceptors (Lipinski definition) is 2. The van der Waals surface area contributed by atoms with E-state index in [4.69, 9.17) is 10.2 Å². The minimum absolute atomic E-state index is 0. The molecular formula is C29H43O4-. The Morgan fingerprint density at radius 3 is 1.58 bits per heavy atom. The van der Waals surface area contributed by atoms with Gasteiger partial charge >= 0.3 is 11.9 Å². The van der Waals surface area contributed by atoms with E-state index in [0.29, 0.717) is 12.3 Å². The molecule has 2 N–H and O–H groups in total. The Kier molecular flexibility index (Phi) is 20.4. The van der Waals surface area contributed by atoms with Crippen LogP contribution in [0.1, 0.15) is 71.4 Å². The van der Waals surface area contributed by atoms with Gasteiger partial charge < -0.3 is 17.6 Å². The molecule has 1 unspecified atom stereocenters. The van der Waals surface area contributed by atoms with E-state index in [9.17, 15) is 9.59 Å². The lowest BCUT2D eigenvalue weighted by molar-refractivity contribution is -0.147. The van der Waals surface area contributed by atoms with Crippen molar-refractivity contribution in [2.75, 3.05) is 0 Å². The number of carboxylic acids is 2. The average Bonchev–Trinajstić information content (AvgIpc) is 2.80. The molecule has 1 atom stereocenters. The number of carbonyl (C=O) groups is 2. The molecule has 0 aromatic heterocycles. The molecule has 0 saturated heterocycles. The fourth-order valence-corrected chi connectivity index (χ4v) is 1.76. The highest BCUT2D eigenvalue weighted by Crippen LogP contribution is 2.18. The normalized spacial score (nSPS) is 10.1. The van der Waals surface area contributed by atoms with E-state index in [1.807, 2.05) is 43.3 Å². The molecule has 0 bridgehead atoms. The van der Waals surface area contributed by atoms with Crippen molar-refractivity contribution < 1.29 is 19.8 Å². The molecule has 0 spiro atoms. The second-order valence-electron chi connectivity index (χ2n) is 7.96. The van der Waals surface area contributed by atoms with Crippen molar-refractivity contribution in [3.05, 3.63) is 97.9 Å². The lowest BCUT2D eigenvalue weighted by atomic mass is 9.91. The zero-order valence-corrected chi connectivity index (χ0v) is 21.5. The molecule has 2 aromatic carbocycles. The maximum atomic E-state index is 10.3. The monoisotopic (exact) mass is 455 g/mol. The SMILES string of the molecule is C=C(C)C(=O)O.C=Cc1ccccc1.CCC(C)(C)C(=O)O.CCC(C)c1ccccc1.[CH3-]. The lowest BCUT2D eigenvalue weighted by Gasteiger charge is -2.14. The Morgan fingerprint density at radius 1 is 0.970 bits per heavy atom. The zero-order chi connectivity index (χ0) is 25.2. The highest BCUT2D eigenvalue weighted by atomic mass is 16.4. The van der Waals surface area contributed by atoms with Gasteiger partial charge in [0.1, 0.15) is 0 Å². The molecule has 0 fully saturated rings. The summed E-state index contributed by atoms with van der Waals surface area (Å²) in [6.07, 6.45) is 3.74. The first kappa shape index (κ1) is 34.5. The molecule has 0 aliphatic rings. The Morgan fingerprint density at radius 2 is 1.36 bits per heavy atom. The van der Waals surface area contributed by atoms with E-state index in [1.54, 1.807) is 13.8 Å². The van der Waals surface area contributed by atoms with Crippen LogP contribution in [0.3, 0.4) is 0 Å². The highest BCUT2D eigenvalue weighted by Gasteiger charge is 2.23. The molecule has 33 heavy (non-hydrogen) atoms. The molecule has 4 nitrogen and oxygen atoms in total. The number of benzene rings is 2. The molecule has 0 saturated carbocycles. The standard InChI is InChI=1S/C10H14.C8H8.C6H12O2.C4H6O2.CH3/c1-3-9(2)10-7-5-4-6-8-10;1-2-8-6-4-3-5-7-8;1-4-6(2,3)5(7)8;1-3(2)4(5)6;/h4-9H,3H2,1-2H3;2-7H,1H2;4H2,1-3H3,(H,7,8);1H2,2H3,(H,5,6);1H3/q;;;;-1. The molecule has 0 heterocycles. The van der Waals surface area contributed by atoms with E-state index < -0.39 is 17.4 Å². The first-order valence-electron chi connectivity index (χ1n) is 10.8. The van der Waals surface area contributed by atoms with Crippen molar-refractivity contribution in [2.24, 2.45) is 5.41 Å². The summed E-state index contributed by atoms with van der Waals surface area (Å²) < 4.78 is 0. The van der Waals surface area contributed by atoms with Gasteiger partial charge in [-0.3, -0.25) is 4.79 Å². The summed E-state index contributed by atoms with van der Waals surface area (Å²) in [6, 6.07) is 20.7. The van der Waals surface area contributed by atoms with Crippen molar-refractivity contribution in [3.63, 3.8) is 0 Å². The number of hydrogen-bond donors (Lipinski definition) is 2. The third-order valence-corrected chi connectivity index (χ3v) is 4.84. The molecule has 0 aliphatic carbocycles. The van der Waals surface area contributed by atoms with Crippen molar-refractivity contribution in [1.29, 1.82) is 0 Å². The highest BCUT2D eigenvalue weighted by molar-refractivity contribution is 5.84. The van der Waals surface area contributed by atoms with Gasteiger partial charge in [-0.15, -0.1) is 0 Å². The minimum Gasteiger partial charge on any atom is -0.481 e. The van der Waals surface area contributed by atoms with Crippen LogP contribution in [-0.2, 0) is 9.59 Å². The molecule has 184 valence electrons. The van der Waals surface area contributed by atoms with Gasteiger partial charge in [-0.25, -0.2) is 4.79 Å². The van der Waals surface area contributed by atoms with Crippen LogP contribution in [0.25, 0.3) is 6.08 Å². The molecule has 0 aliphatic heterocycles. The van der Waals surface area contributed by atoms with Gasteiger partial charge in [0.25, 0.3) is 0 Å². The van der Waals surface area contributed by atoms with Crippen molar-refractivity contribution in [2.45, 2.75) is 60.3 Å². The Labute approximate surface area is 201 Å². The number of rotatable bonds is 6. The van der Waals surface area contributed by atoms with Crippen LogP contribution in [-0.4, -0.2) is 22.2 Å². The molecular weight excluding hydrogens is 412 g/mol. The van der Waals surface area contributed by atoms with Gasteiger partial charge in [-0.2, -0.15) is 0 Å². The quantitative estimate of drug-likeness (QED) is 0.340. The molecule has 2 aromatic rings. The minimum atomic E-state index is -0.935. The number of carboxylic acid groups (broad SMARTS) is 2. The smallest absolute Gasteiger partial charge is 0.330 e. The molecule has 2 rings (SSSR count). The fraction of sp³-hybridized carbons (Fsp3) is 0.345. The first-order chi connectivity index (χ1) is 14.9. The summed E-state index contributed by atoms with van der Waals surface area (Å²) in [6.45, 7) is 18.0. The van der Waals surface area contributed by atoms with Crippen LogP contribution in [0.5, 0.6) is 0 Å². The van der Waals surface area contributed by atoms with E-state index in [0.717, 1.165) is 0 Å². The third-order valence-electron chi connectivity index (χ3n) is 4.84. The van der Waals surface area contributed by atoms with Gasteiger partial charge in [0, 0.05) is 5.57 Å². The number of aliphatic carboxylic acids is 2. The van der Waals surface area contributed by atoms with E-state index in [-0.39, 0.29) is 13.0 Å². The van der Waals surface area contributed by atoms with Crippen molar-refractivity contribution >= 4 is 18.0 Å². The van der Waals surface area contributed by atoms with Crippen LogP contribution in [0.2, 0.25) is 0 Å². The van der Waals surface area contributed by atoms with Crippen molar-refractivity contribution in [1.82, 2.24) is 0 Å². The molecule has 4 heteroatoms. The van der Waals surface area contributed by atoms with Crippen LogP contribution in [0.15, 0.2) is 79.4 Å². The predicted molar refractivity (Wildman–Crippen MR) is 142 cm³/mol. The molecule has 0 radical (unpaired) electrons. The summed E-state index contributed by atoms with van der Waals surface area (Å²) in [4.78, 5) is 19.9. The van der Waals surface area contributed by atoms with Crippen LogP contribution in [0, 0.1) is 12.8 Å². The van der Waals surface area contributed by atoms with E-state index in [2.05, 4.69) is 57.3 Å². The lowest BCUT2D eigenvalue weighted by Crippen LogP contribution is -2.21. The topological polar surface area (TPSA) is 74.6 Å². The van der Waals surface area contributed by atoms with E-state index in [1.165, 1.54) is 24.5 Å². The second-order valence-corrected chi connectivity index (χ2v) is 7.96. The first-order valence-corrected chi connectivity index (χ1v) is 10.8. The third kappa shape index (κ3) is 18.2. The summed E-state index contributed by atoms with van der Waals surface area (Å²) >= 11 is 0. The van der Waals surface area contributed by atoms with Crippen LogP contribution >= 0.6 is 0 Å². The summed E-state index contributed by atoms with van der Waals surface area (Å²) in [5.74, 6) is -0.948. The van der Waals surface area contributed by atoms with Gasteiger partial charge in [0.15, 0.2) is 0 Å². The van der Waals surface area contributed by atoms with E-state index >= 15 is 0 Å². The predicted octanol–water partition coefficient (Wildman–Crippen LogP) is 8.13. The summed E-state index contributed by atoms with van der Waals surface area (Å²) in [7, 11) is 0. The van der Waals surface area contributed by atoms with Gasteiger partial charge in [-0.1, -0.05) is 101 Å². The summed E-state index contributed by atoms with van der Waals surface area (Å²) in [5, 5.41) is 16.3. The van der Waals surface area contributed by atoms with Crippen LogP contribution < -0.4 is 0 Å². The van der Waals surface area contributed by atoms with Gasteiger partial charge in [0.05, 0.1) is 5.41 Å². The second kappa shape index (κ2) is 19.5.